The Balaban J connectivity index is 1.75. The molecule has 0 saturated heterocycles. The number of allylic oxidation sites excluding steroid dienone is 1. The van der Waals surface area contributed by atoms with Crippen LogP contribution in [0.5, 0.6) is 0 Å². The molecule has 0 fully saturated rings. The van der Waals surface area contributed by atoms with Crippen LogP contribution in [0.15, 0.2) is 22.7 Å². The summed E-state index contributed by atoms with van der Waals surface area (Å²) >= 11 is 3.63. The average molecular weight is 321 g/mol. The van der Waals surface area contributed by atoms with Crippen LogP contribution < -0.4 is 0 Å². The van der Waals surface area contributed by atoms with Crippen molar-refractivity contribution in [2.24, 2.45) is 0 Å². The van der Waals surface area contributed by atoms with E-state index in [-0.39, 0.29) is 0 Å². The van der Waals surface area contributed by atoms with Crippen molar-refractivity contribution in [2.75, 3.05) is 0 Å². The summed E-state index contributed by atoms with van der Waals surface area (Å²) < 4.78 is 1.23. The third-order valence-electron chi connectivity index (χ3n) is 4.01. The van der Waals surface area contributed by atoms with Crippen LogP contribution in [0.25, 0.3) is 6.08 Å². The maximum absolute atomic E-state index is 3.63. The molecule has 0 bridgehead atoms. The lowest BCUT2D eigenvalue weighted by molar-refractivity contribution is 0.589. The lowest BCUT2D eigenvalue weighted by atomic mass is 9.97. The summed E-state index contributed by atoms with van der Waals surface area (Å²) in [7, 11) is 0. The van der Waals surface area contributed by atoms with Gasteiger partial charge in [-0.2, -0.15) is 0 Å². The molecular formula is C18H25Br. The van der Waals surface area contributed by atoms with Crippen LogP contribution in [-0.2, 0) is 12.8 Å². The van der Waals surface area contributed by atoms with Gasteiger partial charge in [0, 0.05) is 4.47 Å². The summed E-state index contributed by atoms with van der Waals surface area (Å²) in [6, 6.07) is 4.57. The predicted molar refractivity (Wildman–Crippen MR) is 88.6 cm³/mol. The van der Waals surface area contributed by atoms with Gasteiger partial charge in [0.1, 0.15) is 0 Å². The maximum atomic E-state index is 3.63. The van der Waals surface area contributed by atoms with Gasteiger partial charge >= 0.3 is 0 Å². The fraction of sp³-hybridized carbons (Fsp3) is 0.556. The van der Waals surface area contributed by atoms with Gasteiger partial charge in [-0.25, -0.2) is 0 Å². The standard InChI is InChI=1S/C18H25Br/c1-2-3-4-5-6-7-8-10-15-13-17(19)14-16-11-9-12-18(15)16/h9,11,13-14H,2-8,10,12H2,1H3. The summed E-state index contributed by atoms with van der Waals surface area (Å²) in [6.07, 6.45) is 16.7. The summed E-state index contributed by atoms with van der Waals surface area (Å²) in [4.78, 5) is 0. The molecule has 0 saturated carbocycles. The van der Waals surface area contributed by atoms with E-state index in [1.165, 1.54) is 61.4 Å². The van der Waals surface area contributed by atoms with Crippen molar-refractivity contribution in [3.8, 4) is 0 Å². The normalized spacial score (nSPS) is 12.9. The van der Waals surface area contributed by atoms with Gasteiger partial charge in [-0.1, -0.05) is 73.5 Å². The first kappa shape index (κ1) is 14.8. The molecule has 1 aliphatic rings. The zero-order chi connectivity index (χ0) is 13.5. The van der Waals surface area contributed by atoms with E-state index in [0.29, 0.717) is 0 Å². The minimum Gasteiger partial charge on any atom is -0.0795 e. The van der Waals surface area contributed by atoms with E-state index >= 15 is 0 Å². The number of hydrogen-bond donors (Lipinski definition) is 0. The Hall–Kier alpha value is -0.560. The lowest BCUT2D eigenvalue weighted by Crippen LogP contribution is -1.95. The van der Waals surface area contributed by atoms with Crippen LogP contribution in [0.4, 0.5) is 0 Å². The molecular weight excluding hydrogens is 296 g/mol. The molecule has 0 atom stereocenters. The molecule has 104 valence electrons. The molecule has 19 heavy (non-hydrogen) atoms. The summed E-state index contributed by atoms with van der Waals surface area (Å²) in [6.45, 7) is 2.28. The molecule has 0 heterocycles. The molecule has 1 aromatic rings. The maximum Gasteiger partial charge on any atom is 0.0184 e. The molecule has 0 nitrogen and oxygen atoms in total. The zero-order valence-corrected chi connectivity index (χ0v) is 13.6. The summed E-state index contributed by atoms with van der Waals surface area (Å²) in [5.74, 6) is 0. The van der Waals surface area contributed by atoms with Crippen LogP contribution in [-0.4, -0.2) is 0 Å². The summed E-state index contributed by atoms with van der Waals surface area (Å²) in [5.41, 5.74) is 4.55. The van der Waals surface area contributed by atoms with Crippen molar-refractivity contribution in [1.29, 1.82) is 0 Å². The first-order valence-electron chi connectivity index (χ1n) is 7.79. The van der Waals surface area contributed by atoms with Crippen molar-refractivity contribution >= 4 is 22.0 Å². The van der Waals surface area contributed by atoms with E-state index < -0.39 is 0 Å². The van der Waals surface area contributed by atoms with Crippen LogP contribution in [0.1, 0.15) is 68.6 Å². The van der Waals surface area contributed by atoms with Crippen LogP contribution >= 0.6 is 15.9 Å². The van der Waals surface area contributed by atoms with E-state index in [9.17, 15) is 0 Å². The number of unbranched alkanes of at least 4 members (excludes halogenated alkanes) is 6. The minimum absolute atomic E-state index is 1.13. The minimum atomic E-state index is 1.13. The topological polar surface area (TPSA) is 0 Å². The number of halogens is 1. The monoisotopic (exact) mass is 320 g/mol. The third kappa shape index (κ3) is 4.49. The number of rotatable bonds is 8. The van der Waals surface area contributed by atoms with Crippen molar-refractivity contribution in [3.63, 3.8) is 0 Å². The van der Waals surface area contributed by atoms with Gasteiger partial charge in [0.2, 0.25) is 0 Å². The highest BCUT2D eigenvalue weighted by Gasteiger charge is 2.11. The predicted octanol–water partition coefficient (Wildman–Crippen LogP) is 6.31. The van der Waals surface area contributed by atoms with Crippen molar-refractivity contribution in [3.05, 3.63) is 39.4 Å². The van der Waals surface area contributed by atoms with Gasteiger partial charge in [0.05, 0.1) is 0 Å². The van der Waals surface area contributed by atoms with Crippen LogP contribution in [0, 0.1) is 0 Å². The number of fused-ring (bicyclic) bond motifs is 1. The van der Waals surface area contributed by atoms with E-state index in [2.05, 4.69) is 47.1 Å². The third-order valence-corrected chi connectivity index (χ3v) is 4.47. The second kappa shape index (κ2) is 7.89. The Morgan fingerprint density at radius 2 is 1.74 bits per heavy atom. The molecule has 1 heteroatoms. The Morgan fingerprint density at radius 1 is 1.00 bits per heavy atom. The molecule has 0 aromatic heterocycles. The number of benzene rings is 1. The Bertz CT molecular complexity index is 432. The van der Waals surface area contributed by atoms with Gasteiger partial charge in [0.15, 0.2) is 0 Å². The van der Waals surface area contributed by atoms with Gasteiger partial charge in [-0.3, -0.25) is 0 Å². The van der Waals surface area contributed by atoms with Crippen LogP contribution in [0.3, 0.4) is 0 Å². The SMILES string of the molecule is CCCCCCCCCc1cc(Br)cc2c1CC=C2. The quantitative estimate of drug-likeness (QED) is 0.492. The zero-order valence-electron chi connectivity index (χ0n) is 12.1. The van der Waals surface area contributed by atoms with E-state index in [4.69, 9.17) is 0 Å². The molecule has 0 N–H and O–H groups in total. The summed E-state index contributed by atoms with van der Waals surface area (Å²) in [5, 5.41) is 0. The highest BCUT2D eigenvalue weighted by atomic mass is 79.9. The smallest absolute Gasteiger partial charge is 0.0184 e. The van der Waals surface area contributed by atoms with Gasteiger partial charge < -0.3 is 0 Å². The highest BCUT2D eigenvalue weighted by Crippen LogP contribution is 2.28. The van der Waals surface area contributed by atoms with Crippen molar-refractivity contribution in [2.45, 2.75) is 64.7 Å². The highest BCUT2D eigenvalue weighted by molar-refractivity contribution is 9.10. The Kier molecular flexibility index (Phi) is 6.16. The van der Waals surface area contributed by atoms with Crippen molar-refractivity contribution < 1.29 is 0 Å². The molecule has 1 aliphatic carbocycles. The number of hydrogen-bond acceptors (Lipinski definition) is 0. The van der Waals surface area contributed by atoms with Gasteiger partial charge in [-0.05, 0) is 48.1 Å². The molecule has 1 aromatic carbocycles. The first-order chi connectivity index (χ1) is 9.31. The largest absolute Gasteiger partial charge is 0.0795 e. The van der Waals surface area contributed by atoms with E-state index in [1.54, 1.807) is 11.1 Å². The second-order valence-corrected chi connectivity index (χ2v) is 6.53. The van der Waals surface area contributed by atoms with Gasteiger partial charge in [-0.15, -0.1) is 0 Å². The van der Waals surface area contributed by atoms with Crippen molar-refractivity contribution in [1.82, 2.24) is 0 Å². The van der Waals surface area contributed by atoms with E-state index in [1.807, 2.05) is 0 Å². The van der Waals surface area contributed by atoms with E-state index in [0.717, 1.165) is 6.42 Å². The molecule has 0 radical (unpaired) electrons. The molecule has 0 aliphatic heterocycles. The molecule has 0 amide bonds. The average Bonchev–Trinajstić information content (AvgIpc) is 2.85. The van der Waals surface area contributed by atoms with Gasteiger partial charge in [0.25, 0.3) is 0 Å². The Morgan fingerprint density at radius 3 is 2.53 bits per heavy atom. The second-order valence-electron chi connectivity index (χ2n) is 5.61. The fourth-order valence-electron chi connectivity index (χ4n) is 2.91. The molecule has 0 spiro atoms. The Labute approximate surface area is 126 Å². The molecule has 0 unspecified atom stereocenters. The fourth-order valence-corrected chi connectivity index (χ4v) is 3.44. The van der Waals surface area contributed by atoms with Crippen LogP contribution in [0.2, 0.25) is 0 Å². The number of aryl methyl sites for hydroxylation is 1. The first-order valence-corrected chi connectivity index (χ1v) is 8.58. The lowest BCUT2D eigenvalue weighted by Gasteiger charge is -2.09. The molecule has 2 rings (SSSR count).